The van der Waals surface area contributed by atoms with Crippen molar-refractivity contribution in [2.45, 2.75) is 16.2 Å². The number of hydrogen-bond acceptors (Lipinski definition) is 4. The van der Waals surface area contributed by atoms with Crippen molar-refractivity contribution in [3.8, 4) is 0 Å². The van der Waals surface area contributed by atoms with Gasteiger partial charge in [-0.25, -0.2) is 16.8 Å². The first-order valence-electron chi connectivity index (χ1n) is 8.20. The van der Waals surface area contributed by atoms with Gasteiger partial charge in [0, 0.05) is 6.26 Å². The third-order valence-corrected chi connectivity index (χ3v) is 6.52. The van der Waals surface area contributed by atoms with Crippen molar-refractivity contribution in [2.75, 3.05) is 11.0 Å². The highest BCUT2D eigenvalue weighted by Crippen LogP contribution is 2.23. The molecule has 7 heteroatoms. The van der Waals surface area contributed by atoms with Crippen LogP contribution in [0.3, 0.4) is 0 Å². The Bertz CT molecular complexity index is 1160. The largest absolute Gasteiger partial charge is 0.279 e. The molecule has 5 nitrogen and oxygen atoms in total. The fraction of sp³-hybridized carbons (Fsp3) is 0.100. The summed E-state index contributed by atoms with van der Waals surface area (Å²) in [5.41, 5.74) is 2.35. The average Bonchev–Trinajstić information content (AvgIpc) is 2.63. The van der Waals surface area contributed by atoms with Crippen LogP contribution in [-0.4, -0.2) is 23.1 Å². The van der Waals surface area contributed by atoms with Gasteiger partial charge in [-0.2, -0.15) is 0 Å². The van der Waals surface area contributed by atoms with Crippen molar-refractivity contribution in [2.24, 2.45) is 0 Å². The van der Waals surface area contributed by atoms with Gasteiger partial charge in [-0.3, -0.25) is 4.72 Å². The van der Waals surface area contributed by atoms with Crippen LogP contribution >= 0.6 is 0 Å². The van der Waals surface area contributed by atoms with Crippen molar-refractivity contribution in [3.63, 3.8) is 0 Å². The van der Waals surface area contributed by atoms with Crippen molar-refractivity contribution in [1.82, 2.24) is 0 Å². The Morgan fingerprint density at radius 1 is 0.741 bits per heavy atom. The smallest absolute Gasteiger partial charge is 0.261 e. The summed E-state index contributed by atoms with van der Waals surface area (Å²) in [7, 11) is -7.42. The van der Waals surface area contributed by atoms with Gasteiger partial charge in [0.05, 0.1) is 15.5 Å². The van der Waals surface area contributed by atoms with Crippen LogP contribution in [0, 0.1) is 0 Å². The summed E-state index contributed by atoms with van der Waals surface area (Å²) in [4.78, 5) is -0.136. The van der Waals surface area contributed by atoms with E-state index in [1.165, 1.54) is 18.2 Å². The van der Waals surface area contributed by atoms with Crippen molar-refractivity contribution >= 4 is 25.5 Å². The van der Waals surface area contributed by atoms with Crippen molar-refractivity contribution in [3.05, 3.63) is 90.0 Å². The molecule has 3 rings (SSSR count). The van der Waals surface area contributed by atoms with Crippen LogP contribution in [0.5, 0.6) is 0 Å². The minimum absolute atomic E-state index is 0.0389. The maximum atomic E-state index is 12.8. The van der Waals surface area contributed by atoms with Crippen LogP contribution < -0.4 is 4.72 Å². The number of nitrogens with one attached hydrogen (secondary N) is 1. The zero-order valence-electron chi connectivity index (χ0n) is 14.7. The lowest BCUT2D eigenvalue weighted by molar-refractivity contribution is 0.599. The minimum atomic E-state index is -3.93. The molecule has 0 radical (unpaired) electrons. The molecule has 0 bridgehead atoms. The van der Waals surface area contributed by atoms with E-state index in [1.54, 1.807) is 12.1 Å². The number of sulfonamides is 1. The normalized spacial score (nSPS) is 11.9. The molecule has 0 saturated carbocycles. The number of sulfone groups is 1. The standard InChI is InChI=1S/C20H19NO4S2/c1-26(22,23)18-11-7-12-19(15-18)27(24,25)21-20-13-6-5-10-17(20)14-16-8-3-2-4-9-16/h2-13,15,21H,14H2,1H3. The van der Waals surface area contributed by atoms with Crippen LogP contribution in [0.2, 0.25) is 0 Å². The quantitative estimate of drug-likeness (QED) is 0.686. The van der Waals surface area contributed by atoms with E-state index >= 15 is 0 Å². The Hall–Kier alpha value is -2.64. The fourth-order valence-corrected chi connectivity index (χ4v) is 4.55. The number of anilines is 1. The Balaban J connectivity index is 1.93. The van der Waals surface area contributed by atoms with Crippen LogP contribution in [0.1, 0.15) is 11.1 Å². The lowest BCUT2D eigenvalue weighted by Crippen LogP contribution is -2.15. The number of rotatable bonds is 6. The molecule has 0 unspecified atom stereocenters. The number of hydrogen-bond donors (Lipinski definition) is 1. The summed E-state index contributed by atoms with van der Waals surface area (Å²) in [5.74, 6) is 0. The van der Waals surface area contributed by atoms with E-state index in [0.29, 0.717) is 12.1 Å². The molecule has 27 heavy (non-hydrogen) atoms. The van der Waals surface area contributed by atoms with E-state index in [9.17, 15) is 16.8 Å². The predicted molar refractivity (Wildman–Crippen MR) is 106 cm³/mol. The molecule has 0 fully saturated rings. The van der Waals surface area contributed by atoms with E-state index in [1.807, 2.05) is 42.5 Å². The minimum Gasteiger partial charge on any atom is -0.279 e. The van der Waals surface area contributed by atoms with E-state index < -0.39 is 19.9 Å². The molecule has 0 aliphatic rings. The maximum absolute atomic E-state index is 12.8. The molecule has 140 valence electrons. The first kappa shape index (κ1) is 19.1. The molecular weight excluding hydrogens is 382 g/mol. The highest BCUT2D eigenvalue weighted by molar-refractivity contribution is 7.93. The van der Waals surface area contributed by atoms with Crippen LogP contribution in [0.15, 0.2) is 88.7 Å². The maximum Gasteiger partial charge on any atom is 0.261 e. The molecule has 0 saturated heterocycles. The van der Waals surface area contributed by atoms with Crippen molar-refractivity contribution < 1.29 is 16.8 Å². The van der Waals surface area contributed by atoms with Gasteiger partial charge < -0.3 is 0 Å². The van der Waals surface area contributed by atoms with Crippen LogP contribution in [0.4, 0.5) is 5.69 Å². The average molecular weight is 402 g/mol. The Morgan fingerprint density at radius 2 is 1.37 bits per heavy atom. The van der Waals surface area contributed by atoms with E-state index in [2.05, 4.69) is 4.72 Å². The second-order valence-electron chi connectivity index (χ2n) is 6.17. The summed E-state index contributed by atoms with van der Waals surface area (Å²) in [6.07, 6.45) is 1.62. The molecule has 3 aromatic rings. The second-order valence-corrected chi connectivity index (χ2v) is 9.87. The summed E-state index contributed by atoms with van der Waals surface area (Å²) >= 11 is 0. The molecule has 1 N–H and O–H groups in total. The fourth-order valence-electron chi connectivity index (χ4n) is 2.67. The predicted octanol–water partition coefficient (Wildman–Crippen LogP) is 3.48. The van der Waals surface area contributed by atoms with Gasteiger partial charge in [0.1, 0.15) is 0 Å². The van der Waals surface area contributed by atoms with Crippen molar-refractivity contribution in [1.29, 1.82) is 0 Å². The first-order chi connectivity index (χ1) is 12.8. The topological polar surface area (TPSA) is 80.3 Å². The highest BCUT2D eigenvalue weighted by Gasteiger charge is 2.18. The van der Waals surface area contributed by atoms with Gasteiger partial charge >= 0.3 is 0 Å². The zero-order chi connectivity index (χ0) is 19.5. The second kappa shape index (κ2) is 7.54. The van der Waals surface area contributed by atoms with Crippen LogP contribution in [0.25, 0.3) is 0 Å². The summed E-state index contributed by atoms with van der Waals surface area (Å²) in [6.45, 7) is 0. The van der Waals surface area contributed by atoms with Crippen LogP contribution in [-0.2, 0) is 26.3 Å². The monoisotopic (exact) mass is 401 g/mol. The third-order valence-electron chi connectivity index (χ3n) is 4.04. The van der Waals surface area contributed by atoms with Gasteiger partial charge in [-0.15, -0.1) is 0 Å². The Labute approximate surface area is 159 Å². The molecule has 3 aromatic carbocycles. The molecular formula is C20H19NO4S2. The third kappa shape index (κ3) is 4.75. The Kier molecular flexibility index (Phi) is 5.34. The molecule has 0 aliphatic carbocycles. The molecule has 0 atom stereocenters. The highest BCUT2D eigenvalue weighted by atomic mass is 32.2. The van der Waals surface area contributed by atoms with Gasteiger partial charge in [0.2, 0.25) is 0 Å². The summed E-state index contributed by atoms with van der Waals surface area (Å²) in [5, 5.41) is 0. The van der Waals surface area contributed by atoms with E-state index in [0.717, 1.165) is 23.4 Å². The van der Waals surface area contributed by atoms with E-state index in [4.69, 9.17) is 0 Å². The summed E-state index contributed by atoms with van der Waals surface area (Å²) < 4.78 is 51.6. The lowest BCUT2D eigenvalue weighted by atomic mass is 10.0. The van der Waals surface area contributed by atoms with E-state index in [-0.39, 0.29) is 9.79 Å². The molecule has 0 spiro atoms. The summed E-state index contributed by atoms with van der Waals surface area (Å²) in [6, 6.07) is 22.2. The number of benzene rings is 3. The SMILES string of the molecule is CS(=O)(=O)c1cccc(S(=O)(=O)Nc2ccccc2Cc2ccccc2)c1. The van der Waals surface area contributed by atoms with Gasteiger partial charge in [-0.1, -0.05) is 54.6 Å². The lowest BCUT2D eigenvalue weighted by Gasteiger charge is -2.13. The molecule has 0 heterocycles. The van der Waals surface area contributed by atoms with Gasteiger partial charge in [0.25, 0.3) is 10.0 Å². The molecule has 0 aliphatic heterocycles. The molecule has 0 amide bonds. The van der Waals surface area contributed by atoms with Gasteiger partial charge in [0.15, 0.2) is 9.84 Å². The van der Waals surface area contributed by atoms with Gasteiger partial charge in [-0.05, 0) is 41.8 Å². The molecule has 0 aromatic heterocycles. The zero-order valence-corrected chi connectivity index (χ0v) is 16.3. The number of para-hydroxylation sites is 1. The Morgan fingerprint density at radius 3 is 2.07 bits per heavy atom. The first-order valence-corrected chi connectivity index (χ1v) is 11.6.